The minimum atomic E-state index is -0.906. The first-order valence-electron chi connectivity index (χ1n) is 8.13. The molecule has 0 radical (unpaired) electrons. The molecule has 0 bridgehead atoms. The zero-order valence-electron chi connectivity index (χ0n) is 13.8. The molecule has 0 saturated carbocycles. The molecule has 0 fully saturated rings. The van der Waals surface area contributed by atoms with Gasteiger partial charge < -0.3 is 15.2 Å². The lowest BCUT2D eigenvalue weighted by Crippen LogP contribution is -2.31. The van der Waals surface area contributed by atoms with E-state index >= 15 is 0 Å². The fraction of sp³-hybridized carbons (Fsp3) is 0.105. The molecular weight excluding hydrogens is 371 g/mol. The second-order valence-corrected chi connectivity index (χ2v) is 6.69. The third kappa shape index (κ3) is 2.43. The van der Waals surface area contributed by atoms with Gasteiger partial charge in [0.05, 0.1) is 12.4 Å². The molecule has 0 amide bonds. The molecule has 4 heterocycles. The van der Waals surface area contributed by atoms with Crippen LogP contribution in [0.5, 0.6) is 11.5 Å². The maximum absolute atomic E-state index is 13.6. The third-order valence-electron chi connectivity index (χ3n) is 4.69. The van der Waals surface area contributed by atoms with Crippen LogP contribution in [-0.4, -0.2) is 22.6 Å². The van der Waals surface area contributed by atoms with Gasteiger partial charge in [-0.05, 0) is 29.8 Å². The summed E-state index contributed by atoms with van der Waals surface area (Å²) in [5, 5.41) is 0.311. The summed E-state index contributed by atoms with van der Waals surface area (Å²) >= 11 is 6.11. The molecule has 2 aromatic heterocycles. The highest BCUT2D eigenvalue weighted by Crippen LogP contribution is 2.51. The first kappa shape index (κ1) is 16.0. The van der Waals surface area contributed by atoms with Crippen LogP contribution in [0.1, 0.15) is 11.1 Å². The van der Waals surface area contributed by atoms with Gasteiger partial charge in [0, 0.05) is 22.9 Å². The zero-order valence-corrected chi connectivity index (χ0v) is 14.6. The van der Waals surface area contributed by atoms with Crippen molar-refractivity contribution in [3.8, 4) is 22.6 Å². The van der Waals surface area contributed by atoms with Crippen LogP contribution >= 0.6 is 11.6 Å². The molecule has 2 aliphatic heterocycles. The number of rotatable bonds is 1. The predicted octanol–water partition coefficient (Wildman–Crippen LogP) is 3.63. The van der Waals surface area contributed by atoms with Gasteiger partial charge in [-0.25, -0.2) is 14.4 Å². The van der Waals surface area contributed by atoms with Crippen LogP contribution in [0.4, 0.5) is 4.39 Å². The summed E-state index contributed by atoms with van der Waals surface area (Å²) in [6, 6.07) is 8.72. The van der Waals surface area contributed by atoms with Crippen molar-refractivity contribution in [3.63, 3.8) is 0 Å². The van der Waals surface area contributed by atoms with Gasteiger partial charge in [0.2, 0.25) is 0 Å². The van der Waals surface area contributed by atoms with Gasteiger partial charge in [0.1, 0.15) is 23.3 Å². The number of nitrogens with zero attached hydrogens (tertiary/aromatic N) is 3. The van der Waals surface area contributed by atoms with Crippen LogP contribution in [-0.2, 0) is 10.3 Å². The van der Waals surface area contributed by atoms with Crippen LogP contribution in [0, 0.1) is 5.82 Å². The summed E-state index contributed by atoms with van der Waals surface area (Å²) < 4.78 is 25.1. The van der Waals surface area contributed by atoms with E-state index in [0.29, 0.717) is 27.8 Å². The first-order chi connectivity index (χ1) is 13.0. The molecular formula is C19H12ClFN4O2. The van der Waals surface area contributed by atoms with Crippen molar-refractivity contribution >= 4 is 17.6 Å². The van der Waals surface area contributed by atoms with Crippen molar-refractivity contribution in [3.05, 3.63) is 71.0 Å². The predicted molar refractivity (Wildman–Crippen MR) is 97.3 cm³/mol. The van der Waals surface area contributed by atoms with Gasteiger partial charge in [-0.1, -0.05) is 17.7 Å². The summed E-state index contributed by atoms with van der Waals surface area (Å²) in [6.07, 6.45) is 4.31. The Labute approximate surface area is 158 Å². The number of aromatic nitrogens is 2. The number of nitrogens with two attached hydrogens (primary N) is 1. The van der Waals surface area contributed by atoms with Crippen molar-refractivity contribution < 1.29 is 13.9 Å². The number of hydrogen-bond donors (Lipinski definition) is 1. The van der Waals surface area contributed by atoms with Gasteiger partial charge in [0.15, 0.2) is 11.3 Å². The summed E-state index contributed by atoms with van der Waals surface area (Å²) in [5.74, 6) is 0.724. The molecule has 1 atom stereocenters. The number of pyridine rings is 2. The third-order valence-corrected chi connectivity index (χ3v) is 4.90. The number of hydrogen-bond acceptors (Lipinski definition) is 6. The Morgan fingerprint density at radius 3 is 2.67 bits per heavy atom. The van der Waals surface area contributed by atoms with Gasteiger partial charge in [-0.15, -0.1) is 0 Å². The first-order valence-corrected chi connectivity index (χ1v) is 8.50. The van der Waals surface area contributed by atoms with Crippen LogP contribution in [0.15, 0.2) is 53.9 Å². The number of ether oxygens (including phenoxy) is 2. The highest BCUT2D eigenvalue weighted by atomic mass is 35.5. The van der Waals surface area contributed by atoms with Crippen LogP contribution < -0.4 is 10.5 Å². The van der Waals surface area contributed by atoms with Crippen molar-refractivity contribution in [2.24, 2.45) is 10.7 Å². The average Bonchev–Trinajstić information content (AvgIpc) is 3.05. The SMILES string of the molecule is NC1=NC2(CO1)c1cc(-c3cncc(F)c3)ccc1Oc1cnc(Cl)cc12. The van der Waals surface area contributed by atoms with E-state index in [9.17, 15) is 4.39 Å². The Bertz CT molecular complexity index is 1120. The van der Waals surface area contributed by atoms with E-state index in [-0.39, 0.29) is 12.6 Å². The fourth-order valence-corrected chi connectivity index (χ4v) is 3.64. The van der Waals surface area contributed by atoms with Gasteiger partial charge in [-0.3, -0.25) is 4.98 Å². The molecule has 8 heteroatoms. The normalized spacial score (nSPS) is 19.7. The number of fused-ring (bicyclic) bond motifs is 4. The van der Waals surface area contributed by atoms with Crippen molar-refractivity contribution in [2.45, 2.75) is 5.54 Å². The van der Waals surface area contributed by atoms with Crippen LogP contribution in [0.2, 0.25) is 5.15 Å². The standard InChI is InChI=1S/C19H12ClFN4O2/c20-17-5-14-16(8-24-17)27-15-2-1-10(11-3-12(21)7-23-6-11)4-13(15)19(14)9-26-18(22)25-19/h1-8H,9H2,(H2,22,25). The summed E-state index contributed by atoms with van der Waals surface area (Å²) in [4.78, 5) is 12.6. The molecule has 134 valence electrons. The quantitative estimate of drug-likeness (QED) is 0.650. The smallest absolute Gasteiger partial charge is 0.283 e. The van der Waals surface area contributed by atoms with Crippen molar-refractivity contribution in [1.82, 2.24) is 9.97 Å². The maximum Gasteiger partial charge on any atom is 0.283 e. The molecule has 0 aliphatic carbocycles. The van der Waals surface area contributed by atoms with Gasteiger partial charge >= 0.3 is 0 Å². The largest absolute Gasteiger partial charge is 0.462 e. The molecule has 5 rings (SSSR count). The van der Waals surface area contributed by atoms with Crippen molar-refractivity contribution in [2.75, 3.05) is 6.61 Å². The van der Waals surface area contributed by atoms with Crippen LogP contribution in [0.25, 0.3) is 11.1 Å². The van der Waals surface area contributed by atoms with E-state index in [1.807, 2.05) is 12.1 Å². The fourth-order valence-electron chi connectivity index (χ4n) is 3.48. The molecule has 6 nitrogen and oxygen atoms in total. The summed E-state index contributed by atoms with van der Waals surface area (Å²) in [7, 11) is 0. The van der Waals surface area contributed by atoms with E-state index in [4.69, 9.17) is 26.8 Å². The van der Waals surface area contributed by atoms with Gasteiger partial charge in [-0.2, -0.15) is 0 Å². The molecule has 2 aliphatic rings. The van der Waals surface area contributed by atoms with E-state index < -0.39 is 11.4 Å². The summed E-state index contributed by atoms with van der Waals surface area (Å²) in [5.41, 5.74) is 7.81. The number of amidine groups is 1. The average molecular weight is 383 g/mol. The Balaban J connectivity index is 1.75. The molecule has 2 N–H and O–H groups in total. The number of halogens is 2. The zero-order chi connectivity index (χ0) is 18.6. The Kier molecular flexibility index (Phi) is 3.35. The molecule has 0 saturated heterocycles. The number of benzene rings is 1. The Morgan fingerprint density at radius 2 is 1.89 bits per heavy atom. The molecule has 1 spiro atoms. The monoisotopic (exact) mass is 382 g/mol. The van der Waals surface area contributed by atoms with E-state index in [1.165, 1.54) is 6.07 Å². The lowest BCUT2D eigenvalue weighted by Gasteiger charge is -2.33. The second kappa shape index (κ2) is 5.65. The van der Waals surface area contributed by atoms with E-state index in [2.05, 4.69) is 15.0 Å². The molecule has 27 heavy (non-hydrogen) atoms. The van der Waals surface area contributed by atoms with E-state index in [1.54, 1.807) is 24.5 Å². The van der Waals surface area contributed by atoms with E-state index in [0.717, 1.165) is 17.3 Å². The minimum absolute atomic E-state index is 0.0829. The lowest BCUT2D eigenvalue weighted by atomic mass is 9.81. The highest BCUT2D eigenvalue weighted by molar-refractivity contribution is 6.29. The van der Waals surface area contributed by atoms with Gasteiger partial charge in [0.25, 0.3) is 6.02 Å². The summed E-state index contributed by atoms with van der Waals surface area (Å²) in [6.45, 7) is 0.202. The molecule has 1 aromatic carbocycles. The maximum atomic E-state index is 13.6. The molecule has 3 aromatic rings. The highest BCUT2D eigenvalue weighted by Gasteiger charge is 2.47. The topological polar surface area (TPSA) is 82.6 Å². The Morgan fingerprint density at radius 1 is 1.04 bits per heavy atom. The second-order valence-electron chi connectivity index (χ2n) is 6.31. The van der Waals surface area contributed by atoms with Crippen LogP contribution in [0.3, 0.4) is 0 Å². The lowest BCUT2D eigenvalue weighted by molar-refractivity contribution is 0.264. The minimum Gasteiger partial charge on any atom is -0.462 e. The molecule has 1 unspecified atom stereocenters. The van der Waals surface area contributed by atoms with Crippen molar-refractivity contribution in [1.29, 1.82) is 0 Å². The number of aliphatic imine (C=N–C) groups is 1. The Hall–Kier alpha value is -3.19.